The molecule has 0 aliphatic carbocycles. The number of aliphatic hydroxyl groups is 1. The van der Waals surface area contributed by atoms with Crippen LogP contribution in [0.25, 0.3) is 0 Å². The Balaban J connectivity index is 1.72. The van der Waals surface area contributed by atoms with E-state index in [2.05, 4.69) is 0 Å². The summed E-state index contributed by atoms with van der Waals surface area (Å²) in [4.78, 5) is 16.4. The molecule has 1 aliphatic rings. The molecule has 178 valence electrons. The first-order valence-corrected chi connectivity index (χ1v) is 11.5. The van der Waals surface area contributed by atoms with Crippen LogP contribution in [-0.2, 0) is 15.8 Å². The minimum atomic E-state index is -3.26. The Labute approximate surface area is 221 Å². The van der Waals surface area contributed by atoms with Crippen molar-refractivity contribution >= 4 is 17.5 Å². The van der Waals surface area contributed by atoms with Crippen molar-refractivity contribution in [2.75, 3.05) is 33.6 Å². The Kier molecular flexibility index (Phi) is 4.45. The molecule has 0 unspecified atom stereocenters. The van der Waals surface area contributed by atoms with E-state index in [0.29, 0.717) is 11.1 Å². The lowest BCUT2D eigenvalue weighted by Crippen LogP contribution is -2.48. The molecule has 5 heteroatoms. The smallest absolute Gasteiger partial charge is 0.237 e. The molecule has 1 amide bonds. The lowest BCUT2D eigenvalue weighted by molar-refractivity contribution is -0.133. The largest absolute Gasteiger partial charge is 0.385 e. The van der Waals surface area contributed by atoms with Gasteiger partial charge in [0.25, 0.3) is 0 Å². The number of halogens is 1. The third-order valence-electron chi connectivity index (χ3n) is 6.65. The van der Waals surface area contributed by atoms with E-state index in [0.717, 1.165) is 0 Å². The molecule has 1 aliphatic heterocycles. The zero-order valence-corrected chi connectivity index (χ0v) is 19.4. The highest BCUT2D eigenvalue weighted by molar-refractivity contribution is 6.30. The van der Waals surface area contributed by atoms with Gasteiger partial charge < -0.3 is 14.9 Å². The molecule has 0 radical (unpaired) electrons. The van der Waals surface area contributed by atoms with Gasteiger partial charge in [0.05, 0.1) is 11.1 Å². The number of carbonyl (C=O) groups is 1. The molecular formula is C29H33ClN2O2. The van der Waals surface area contributed by atoms with E-state index < -0.39 is 55.0 Å². The lowest BCUT2D eigenvalue weighted by atomic mass is 9.70. The zero-order valence-electron chi connectivity index (χ0n) is 28.6. The van der Waals surface area contributed by atoms with Crippen molar-refractivity contribution in [2.24, 2.45) is 0 Å². The van der Waals surface area contributed by atoms with Crippen LogP contribution in [0.1, 0.15) is 49.7 Å². The minimum absolute atomic E-state index is 0.00299. The van der Waals surface area contributed by atoms with Gasteiger partial charge >= 0.3 is 0 Å². The molecule has 0 spiro atoms. The SMILES string of the molecule is [2H]c1c([2H])c(C2(O)CCN(CCC(C(=O)N(C([2H])([2H])[2H])C([2H])([2H])[2H])(c3ccccc3)c3ccccc3)CC2)c([2H])c([2H])c1Cl. The highest BCUT2D eigenvalue weighted by Crippen LogP contribution is 2.39. The summed E-state index contributed by atoms with van der Waals surface area (Å²) >= 11 is 5.95. The monoisotopic (exact) mass is 486 g/mol. The van der Waals surface area contributed by atoms with E-state index >= 15 is 0 Å². The Morgan fingerprint density at radius 3 is 2.06 bits per heavy atom. The van der Waals surface area contributed by atoms with Gasteiger partial charge in [-0.05, 0) is 54.6 Å². The number of benzene rings is 3. The maximum atomic E-state index is 14.4. The maximum absolute atomic E-state index is 14.4. The number of carbonyl (C=O) groups excluding carboxylic acids is 1. The van der Waals surface area contributed by atoms with Crippen molar-refractivity contribution in [2.45, 2.75) is 30.3 Å². The van der Waals surface area contributed by atoms with Crippen molar-refractivity contribution < 1.29 is 23.6 Å². The minimum Gasteiger partial charge on any atom is -0.385 e. The molecule has 4 rings (SSSR count). The number of amides is 1. The van der Waals surface area contributed by atoms with Crippen LogP contribution in [0.5, 0.6) is 0 Å². The molecule has 0 aromatic heterocycles. The molecule has 0 bridgehead atoms. The topological polar surface area (TPSA) is 43.8 Å². The fourth-order valence-corrected chi connectivity index (χ4v) is 4.79. The summed E-state index contributed by atoms with van der Waals surface area (Å²) in [5, 5.41) is 11.2. The maximum Gasteiger partial charge on any atom is 0.237 e. The molecule has 4 nitrogen and oxygen atoms in total. The van der Waals surface area contributed by atoms with Crippen molar-refractivity contribution in [3.8, 4) is 0 Å². The van der Waals surface area contributed by atoms with E-state index in [-0.39, 0.29) is 54.4 Å². The number of rotatable bonds is 7. The molecule has 34 heavy (non-hydrogen) atoms. The summed E-state index contributed by atoms with van der Waals surface area (Å²) in [7, 11) is 0. The van der Waals surface area contributed by atoms with Crippen LogP contribution in [0.15, 0.2) is 84.8 Å². The van der Waals surface area contributed by atoms with Gasteiger partial charge in [0.1, 0.15) is 5.41 Å². The fraction of sp³-hybridized carbons (Fsp3) is 0.345. The predicted octanol–water partition coefficient (Wildman–Crippen LogP) is 5.09. The molecule has 1 saturated heterocycles. The van der Waals surface area contributed by atoms with Crippen LogP contribution in [0, 0.1) is 0 Å². The molecule has 1 heterocycles. The number of likely N-dealkylation sites (tertiary alicyclic amines) is 1. The second-order valence-corrected chi connectivity index (χ2v) is 8.97. The average molecular weight is 487 g/mol. The van der Waals surface area contributed by atoms with Crippen molar-refractivity contribution in [1.29, 1.82) is 0 Å². The van der Waals surface area contributed by atoms with Gasteiger partial charge in [-0.3, -0.25) is 4.79 Å². The molecule has 1 fully saturated rings. The Bertz CT molecular complexity index is 1410. The van der Waals surface area contributed by atoms with Crippen molar-refractivity contribution in [3.05, 3.63) is 107 Å². The Morgan fingerprint density at radius 1 is 1.03 bits per heavy atom. The molecule has 0 atom stereocenters. The standard InChI is InChI=1S/C29H33ClN2O2/c1-31(2)27(33)29(24-9-5-3-6-10-24,25-11-7-4-8-12-25)19-22-32-20-17-28(34,18-21-32)23-13-15-26(30)16-14-23/h3-16,34H,17-22H2,1-2H3/i1D3,2D3,13D,14D,15D,16D. The van der Waals surface area contributed by atoms with Crippen LogP contribution < -0.4 is 0 Å². The van der Waals surface area contributed by atoms with Gasteiger partial charge in [0, 0.05) is 40.3 Å². The van der Waals surface area contributed by atoms with Gasteiger partial charge in [-0.15, -0.1) is 0 Å². The summed E-state index contributed by atoms with van der Waals surface area (Å²) in [6, 6.07) is 15.3. The number of likely N-dealkylation sites (N-methyl/N-ethyl adjacent to an activating group) is 1. The Hall–Kier alpha value is -2.66. The second-order valence-electron chi connectivity index (χ2n) is 8.59. The third kappa shape index (κ3) is 4.90. The third-order valence-corrected chi connectivity index (χ3v) is 6.84. The normalized spacial score (nSPS) is 21.2. The summed E-state index contributed by atoms with van der Waals surface area (Å²) in [5.41, 5.74) is -2.63. The quantitative estimate of drug-likeness (QED) is 0.506. The first-order chi connectivity index (χ1) is 20.4. The van der Waals surface area contributed by atoms with Crippen LogP contribution in [0.2, 0.25) is 5.02 Å². The number of piperidine rings is 1. The Morgan fingerprint density at radius 2 is 1.56 bits per heavy atom. The van der Waals surface area contributed by atoms with Gasteiger partial charge in [-0.25, -0.2) is 0 Å². The first kappa shape index (κ1) is 14.7. The highest BCUT2D eigenvalue weighted by Gasteiger charge is 2.43. The first-order valence-electron chi connectivity index (χ1n) is 16.1. The van der Waals surface area contributed by atoms with Gasteiger partial charge in [-0.1, -0.05) is 84.3 Å². The molecular weight excluding hydrogens is 444 g/mol. The summed E-state index contributed by atoms with van der Waals surface area (Å²) in [6.45, 7) is -5.82. The summed E-state index contributed by atoms with van der Waals surface area (Å²) in [6.07, 6.45) is 0.113. The van der Waals surface area contributed by atoms with E-state index in [1.807, 2.05) is 4.90 Å². The molecule has 3 aromatic rings. The number of hydrogen-bond acceptors (Lipinski definition) is 3. The van der Waals surface area contributed by atoms with Gasteiger partial charge in [0.15, 0.2) is 0 Å². The fourth-order valence-electron chi connectivity index (χ4n) is 4.70. The van der Waals surface area contributed by atoms with Crippen molar-refractivity contribution in [3.63, 3.8) is 0 Å². The molecule has 1 N–H and O–H groups in total. The predicted molar refractivity (Wildman–Crippen MR) is 138 cm³/mol. The molecule has 0 saturated carbocycles. The molecule has 3 aromatic carbocycles. The number of nitrogens with zero attached hydrogens (tertiary/aromatic N) is 2. The van der Waals surface area contributed by atoms with E-state index in [1.54, 1.807) is 60.7 Å². The van der Waals surface area contributed by atoms with Gasteiger partial charge in [-0.2, -0.15) is 0 Å². The van der Waals surface area contributed by atoms with E-state index in [9.17, 15) is 9.90 Å². The summed E-state index contributed by atoms with van der Waals surface area (Å²) in [5.74, 6) is -1.09. The van der Waals surface area contributed by atoms with Crippen LogP contribution in [-0.4, -0.2) is 54.4 Å². The van der Waals surface area contributed by atoms with Crippen molar-refractivity contribution in [1.82, 2.24) is 9.80 Å². The summed E-state index contributed by atoms with van der Waals surface area (Å²) < 4.78 is 80.7. The van der Waals surface area contributed by atoms with E-state index in [1.165, 1.54) is 0 Å². The highest BCUT2D eigenvalue weighted by atomic mass is 35.5. The van der Waals surface area contributed by atoms with Crippen LogP contribution in [0.4, 0.5) is 0 Å². The van der Waals surface area contributed by atoms with Crippen LogP contribution >= 0.6 is 11.6 Å². The average Bonchev–Trinajstić information content (AvgIpc) is 2.96. The van der Waals surface area contributed by atoms with E-state index in [4.69, 9.17) is 25.3 Å². The zero-order chi connectivity index (χ0) is 32.7. The number of hydrogen-bond donors (Lipinski definition) is 1. The van der Waals surface area contributed by atoms with Crippen LogP contribution in [0.3, 0.4) is 0 Å². The lowest BCUT2D eigenvalue weighted by Gasteiger charge is -2.41. The second kappa shape index (κ2) is 10.3. The van der Waals surface area contributed by atoms with Gasteiger partial charge in [0.2, 0.25) is 5.91 Å².